The molecule has 1 aliphatic rings. The Morgan fingerprint density at radius 2 is 2.15 bits per heavy atom. The van der Waals surface area contributed by atoms with Gasteiger partial charge in [-0.1, -0.05) is 6.42 Å². The van der Waals surface area contributed by atoms with Gasteiger partial charge >= 0.3 is 5.97 Å². The first-order chi connectivity index (χ1) is 12.2. The van der Waals surface area contributed by atoms with Gasteiger partial charge in [-0.25, -0.2) is 9.78 Å². The average Bonchev–Trinajstić information content (AvgIpc) is 3.28. The Morgan fingerprint density at radius 3 is 2.85 bits per heavy atom. The number of piperidine rings is 1. The number of esters is 1. The molecule has 1 saturated heterocycles. The molecule has 0 atom stereocenters. The standard InChI is InChI=1S/C17H23N3O2S3.BrH/c1-22-15(21)14-10-12(16(23-2)25-14)13-11-24-17(19-13)18-6-9-20-7-4-3-5-8-20;/h10-11H,3-9H2,1-2H3,(H,18,19);1H. The Balaban J connectivity index is 0.00000243. The van der Waals surface area contributed by atoms with Crippen molar-refractivity contribution in [2.24, 2.45) is 0 Å². The Labute approximate surface area is 177 Å². The van der Waals surface area contributed by atoms with E-state index in [0.717, 1.165) is 33.7 Å². The van der Waals surface area contributed by atoms with Crippen molar-refractivity contribution in [2.75, 3.05) is 44.9 Å². The van der Waals surface area contributed by atoms with E-state index >= 15 is 0 Å². The van der Waals surface area contributed by atoms with Crippen molar-refractivity contribution in [1.82, 2.24) is 9.88 Å². The quantitative estimate of drug-likeness (QED) is 0.453. The molecule has 144 valence electrons. The summed E-state index contributed by atoms with van der Waals surface area (Å²) in [5, 5.41) is 6.41. The highest BCUT2D eigenvalue weighted by Crippen LogP contribution is 2.39. The summed E-state index contributed by atoms with van der Waals surface area (Å²) in [6.07, 6.45) is 6.02. The zero-order valence-corrected chi connectivity index (χ0v) is 19.1. The second-order valence-corrected chi connectivity index (χ2v) is 8.86. The lowest BCUT2D eigenvalue weighted by molar-refractivity contribution is 0.0606. The lowest BCUT2D eigenvalue weighted by atomic mass is 10.1. The van der Waals surface area contributed by atoms with Crippen LogP contribution in [0.3, 0.4) is 0 Å². The minimum Gasteiger partial charge on any atom is -0.465 e. The minimum atomic E-state index is -0.290. The van der Waals surface area contributed by atoms with E-state index in [0.29, 0.717) is 4.88 Å². The van der Waals surface area contributed by atoms with Gasteiger partial charge in [-0.3, -0.25) is 0 Å². The van der Waals surface area contributed by atoms with E-state index in [-0.39, 0.29) is 23.0 Å². The maximum Gasteiger partial charge on any atom is 0.348 e. The molecule has 2 aromatic rings. The van der Waals surface area contributed by atoms with Gasteiger partial charge in [0.1, 0.15) is 4.88 Å². The Morgan fingerprint density at radius 1 is 1.38 bits per heavy atom. The third kappa shape index (κ3) is 5.45. The topological polar surface area (TPSA) is 54.5 Å². The minimum absolute atomic E-state index is 0. The van der Waals surface area contributed by atoms with Crippen molar-refractivity contribution in [1.29, 1.82) is 0 Å². The lowest BCUT2D eigenvalue weighted by Gasteiger charge is -2.26. The van der Waals surface area contributed by atoms with Gasteiger partial charge in [0.15, 0.2) is 5.13 Å². The predicted molar refractivity (Wildman–Crippen MR) is 118 cm³/mol. The molecule has 1 fully saturated rings. The average molecular weight is 479 g/mol. The number of anilines is 1. The second-order valence-electron chi connectivity index (χ2n) is 5.87. The number of hydrogen-bond donors (Lipinski definition) is 1. The third-order valence-corrected chi connectivity index (χ3v) is 7.25. The summed E-state index contributed by atoms with van der Waals surface area (Å²) < 4.78 is 5.92. The molecule has 9 heteroatoms. The van der Waals surface area contributed by atoms with Crippen LogP contribution < -0.4 is 5.32 Å². The molecule has 26 heavy (non-hydrogen) atoms. The van der Waals surface area contributed by atoms with Crippen LogP contribution in [-0.4, -0.2) is 55.4 Å². The molecule has 0 aliphatic carbocycles. The Bertz CT molecular complexity index is 714. The van der Waals surface area contributed by atoms with Gasteiger partial charge in [0.2, 0.25) is 0 Å². The Hall–Kier alpha value is -0.610. The van der Waals surface area contributed by atoms with Crippen molar-refractivity contribution in [2.45, 2.75) is 23.5 Å². The number of carbonyl (C=O) groups excluding carboxylic acids is 1. The molecule has 0 aromatic carbocycles. The predicted octanol–water partition coefficient (Wildman–Crippen LogP) is 4.86. The zero-order chi connectivity index (χ0) is 17.6. The molecule has 0 spiro atoms. The first kappa shape index (κ1) is 21.7. The van der Waals surface area contributed by atoms with Gasteiger partial charge in [0.25, 0.3) is 0 Å². The summed E-state index contributed by atoms with van der Waals surface area (Å²) in [7, 11) is 1.41. The molecule has 2 aromatic heterocycles. The highest BCUT2D eigenvalue weighted by Gasteiger charge is 2.18. The number of ether oxygens (including phenoxy) is 1. The van der Waals surface area contributed by atoms with Crippen molar-refractivity contribution in [3.05, 3.63) is 16.3 Å². The molecule has 3 rings (SSSR count). The number of rotatable bonds is 7. The Kier molecular flexibility index (Phi) is 8.89. The van der Waals surface area contributed by atoms with Crippen molar-refractivity contribution < 1.29 is 9.53 Å². The van der Waals surface area contributed by atoms with Crippen molar-refractivity contribution >= 4 is 62.5 Å². The van der Waals surface area contributed by atoms with E-state index in [1.54, 1.807) is 23.1 Å². The van der Waals surface area contributed by atoms with E-state index in [1.165, 1.54) is 50.8 Å². The maximum absolute atomic E-state index is 11.8. The van der Waals surface area contributed by atoms with Crippen LogP contribution in [0.2, 0.25) is 0 Å². The van der Waals surface area contributed by atoms with Crippen molar-refractivity contribution in [3.8, 4) is 11.3 Å². The number of aromatic nitrogens is 1. The molecule has 0 bridgehead atoms. The lowest BCUT2D eigenvalue weighted by Crippen LogP contribution is -2.33. The number of carbonyl (C=O) groups is 1. The summed E-state index contributed by atoms with van der Waals surface area (Å²) in [5.74, 6) is -0.290. The molecular weight excluding hydrogens is 454 g/mol. The maximum atomic E-state index is 11.8. The molecule has 0 amide bonds. The summed E-state index contributed by atoms with van der Waals surface area (Å²) in [6, 6.07) is 1.88. The van der Waals surface area contributed by atoms with E-state index in [2.05, 4.69) is 10.2 Å². The van der Waals surface area contributed by atoms with Crippen LogP contribution in [-0.2, 0) is 4.74 Å². The normalized spacial score (nSPS) is 14.7. The first-order valence-electron chi connectivity index (χ1n) is 8.39. The molecule has 3 heterocycles. The number of nitrogens with one attached hydrogen (secondary N) is 1. The van der Waals surface area contributed by atoms with Gasteiger partial charge in [0, 0.05) is 24.0 Å². The first-order valence-corrected chi connectivity index (χ1v) is 11.3. The van der Waals surface area contributed by atoms with Crippen LogP contribution in [0.1, 0.15) is 28.9 Å². The number of thiazole rings is 1. The van der Waals surface area contributed by atoms with Gasteiger partial charge in [-0.15, -0.1) is 51.4 Å². The van der Waals surface area contributed by atoms with Gasteiger partial charge < -0.3 is 15.0 Å². The molecule has 1 aliphatic heterocycles. The summed E-state index contributed by atoms with van der Waals surface area (Å²) in [5.41, 5.74) is 1.93. The number of likely N-dealkylation sites (tertiary alicyclic amines) is 1. The van der Waals surface area contributed by atoms with Crippen LogP contribution in [0, 0.1) is 0 Å². The zero-order valence-electron chi connectivity index (χ0n) is 14.9. The smallest absolute Gasteiger partial charge is 0.348 e. The number of thiophene rings is 1. The molecule has 0 radical (unpaired) electrons. The van der Waals surface area contributed by atoms with Crippen LogP contribution in [0.4, 0.5) is 5.13 Å². The van der Waals surface area contributed by atoms with E-state index < -0.39 is 0 Å². The number of methoxy groups -OCH3 is 1. The molecule has 5 nitrogen and oxygen atoms in total. The fraction of sp³-hybridized carbons (Fsp3) is 0.529. The second kappa shape index (κ2) is 10.7. The fourth-order valence-corrected chi connectivity index (χ4v) is 5.43. The van der Waals surface area contributed by atoms with Crippen LogP contribution in [0.5, 0.6) is 0 Å². The molecular formula is C17H24BrN3O2S3. The summed E-state index contributed by atoms with van der Waals surface area (Å²) in [6.45, 7) is 4.41. The summed E-state index contributed by atoms with van der Waals surface area (Å²) in [4.78, 5) is 19.6. The number of thioether (sulfide) groups is 1. The van der Waals surface area contributed by atoms with Crippen molar-refractivity contribution in [3.63, 3.8) is 0 Å². The molecule has 0 unspecified atom stereocenters. The van der Waals surface area contributed by atoms with Gasteiger partial charge in [-0.05, 0) is 38.3 Å². The van der Waals surface area contributed by atoms with Gasteiger partial charge in [-0.2, -0.15) is 0 Å². The summed E-state index contributed by atoms with van der Waals surface area (Å²) >= 11 is 4.70. The monoisotopic (exact) mass is 477 g/mol. The largest absolute Gasteiger partial charge is 0.465 e. The van der Waals surface area contributed by atoms with Gasteiger partial charge in [0.05, 0.1) is 17.0 Å². The highest BCUT2D eigenvalue weighted by atomic mass is 79.9. The number of halogens is 1. The van der Waals surface area contributed by atoms with Crippen LogP contribution in [0.15, 0.2) is 15.7 Å². The van der Waals surface area contributed by atoms with E-state index in [9.17, 15) is 4.79 Å². The van der Waals surface area contributed by atoms with Crippen LogP contribution >= 0.6 is 51.4 Å². The van der Waals surface area contributed by atoms with Crippen LogP contribution in [0.25, 0.3) is 11.3 Å². The molecule has 0 saturated carbocycles. The highest BCUT2D eigenvalue weighted by molar-refractivity contribution is 8.93. The SMILES string of the molecule is Br.COC(=O)c1cc(-c2csc(NCCN3CCCCC3)n2)c(SC)s1. The molecule has 1 N–H and O–H groups in total. The van der Waals surface area contributed by atoms with E-state index in [4.69, 9.17) is 9.72 Å². The fourth-order valence-electron chi connectivity index (χ4n) is 2.89. The van der Waals surface area contributed by atoms with E-state index in [1.807, 2.05) is 17.7 Å². The number of nitrogens with zero attached hydrogens (tertiary/aromatic N) is 2. The third-order valence-electron chi connectivity index (χ3n) is 4.20. The number of hydrogen-bond acceptors (Lipinski definition) is 8.